The fourth-order valence-electron chi connectivity index (χ4n) is 1.70. The Balaban J connectivity index is 2.79. The van der Waals surface area contributed by atoms with Crippen molar-refractivity contribution in [2.75, 3.05) is 19.6 Å². The molecule has 0 aromatic carbocycles. The van der Waals surface area contributed by atoms with Crippen LogP contribution < -0.4 is 5.32 Å². The fraction of sp³-hybridized carbons (Fsp3) is 0.545. The first-order valence-corrected chi connectivity index (χ1v) is 6.20. The van der Waals surface area contributed by atoms with Gasteiger partial charge in [0, 0.05) is 19.1 Å². The van der Waals surface area contributed by atoms with E-state index in [1.807, 2.05) is 0 Å². The summed E-state index contributed by atoms with van der Waals surface area (Å²) in [6.45, 7) is 0.338. The summed E-state index contributed by atoms with van der Waals surface area (Å²) >= 11 is 5.64. The van der Waals surface area contributed by atoms with Crippen LogP contribution in [0.1, 0.15) is 16.9 Å². The molecule has 0 fully saturated rings. The number of hydrogen-bond donors (Lipinski definition) is 1. The van der Waals surface area contributed by atoms with E-state index in [0.717, 1.165) is 0 Å². The maximum Gasteiger partial charge on any atom is 0.323 e. The van der Waals surface area contributed by atoms with E-state index in [1.165, 1.54) is 30.9 Å². The quantitative estimate of drug-likeness (QED) is 0.466. The summed E-state index contributed by atoms with van der Waals surface area (Å²) < 4.78 is 6.21. The number of hydrogen-bond acceptors (Lipinski definition) is 4. The topological polar surface area (TPSA) is 86.4 Å². The van der Waals surface area contributed by atoms with Crippen molar-refractivity contribution in [2.45, 2.75) is 12.5 Å². The second-order valence-electron chi connectivity index (χ2n) is 4.00. The molecule has 1 atom stereocenters. The van der Waals surface area contributed by atoms with Crippen LogP contribution in [0.15, 0.2) is 12.1 Å². The van der Waals surface area contributed by atoms with Gasteiger partial charge in [-0.3, -0.25) is 4.79 Å². The highest BCUT2D eigenvalue weighted by Gasteiger charge is 2.22. The Morgan fingerprint density at radius 1 is 1.63 bits per heavy atom. The van der Waals surface area contributed by atoms with Crippen LogP contribution in [0.2, 0.25) is 0 Å². The lowest BCUT2D eigenvalue weighted by atomic mass is 10.2. The number of alkyl halides is 1. The van der Waals surface area contributed by atoms with Gasteiger partial charge in [0.25, 0.3) is 5.91 Å². The van der Waals surface area contributed by atoms with Crippen LogP contribution in [0, 0.1) is 10.1 Å². The Bertz CT molecular complexity index is 455. The van der Waals surface area contributed by atoms with Crippen molar-refractivity contribution in [3.05, 3.63) is 27.9 Å². The highest BCUT2D eigenvalue weighted by Crippen LogP contribution is 2.15. The van der Waals surface area contributed by atoms with Crippen LogP contribution in [0.25, 0.3) is 0 Å². The Morgan fingerprint density at radius 3 is 2.79 bits per heavy atom. The Labute approximate surface area is 115 Å². The van der Waals surface area contributed by atoms with Gasteiger partial charge in [0.2, 0.25) is 0 Å². The van der Waals surface area contributed by atoms with E-state index in [2.05, 4.69) is 5.32 Å². The molecule has 1 aromatic heterocycles. The summed E-state index contributed by atoms with van der Waals surface area (Å²) in [5.74, 6) is -0.129. The molecule has 0 radical (unpaired) electrons. The van der Waals surface area contributed by atoms with Gasteiger partial charge in [-0.05, 0) is 17.4 Å². The number of ether oxygens (including phenoxy) is 1. The number of amides is 1. The maximum atomic E-state index is 12.0. The molecule has 0 bridgehead atoms. The lowest BCUT2D eigenvalue weighted by Crippen LogP contribution is -2.39. The molecule has 1 rings (SSSR count). The molecule has 0 aliphatic carbocycles. The summed E-state index contributed by atoms with van der Waals surface area (Å²) in [5.41, 5.74) is 0.224. The van der Waals surface area contributed by atoms with E-state index >= 15 is 0 Å². The van der Waals surface area contributed by atoms with Gasteiger partial charge >= 0.3 is 5.82 Å². The molecule has 106 valence electrons. The zero-order chi connectivity index (χ0) is 14.4. The molecule has 1 amide bonds. The first-order valence-electron chi connectivity index (χ1n) is 5.67. The van der Waals surface area contributed by atoms with E-state index in [-0.39, 0.29) is 23.5 Å². The number of carbonyl (C=O) groups is 1. The third kappa shape index (κ3) is 3.93. The summed E-state index contributed by atoms with van der Waals surface area (Å²) in [4.78, 5) is 22.2. The lowest BCUT2D eigenvalue weighted by Gasteiger charge is -2.15. The van der Waals surface area contributed by atoms with Crippen molar-refractivity contribution in [3.8, 4) is 0 Å². The van der Waals surface area contributed by atoms with E-state index < -0.39 is 4.92 Å². The van der Waals surface area contributed by atoms with Crippen molar-refractivity contribution in [1.82, 2.24) is 9.88 Å². The van der Waals surface area contributed by atoms with Crippen LogP contribution in [-0.4, -0.2) is 41.0 Å². The van der Waals surface area contributed by atoms with Crippen LogP contribution in [0.5, 0.6) is 0 Å². The number of aromatic nitrogens is 1. The summed E-state index contributed by atoms with van der Waals surface area (Å²) in [5, 5.41) is 13.4. The molecule has 0 aliphatic heterocycles. The van der Waals surface area contributed by atoms with Crippen molar-refractivity contribution in [2.24, 2.45) is 7.05 Å². The summed E-state index contributed by atoms with van der Waals surface area (Å²) in [6.07, 6.45) is 0.563. The smallest absolute Gasteiger partial charge is 0.323 e. The summed E-state index contributed by atoms with van der Waals surface area (Å²) in [6, 6.07) is 2.49. The molecule has 7 nitrogen and oxygen atoms in total. The second kappa shape index (κ2) is 7.10. The zero-order valence-corrected chi connectivity index (χ0v) is 11.5. The van der Waals surface area contributed by atoms with Crippen molar-refractivity contribution in [1.29, 1.82) is 0 Å². The van der Waals surface area contributed by atoms with Gasteiger partial charge in [0.05, 0.1) is 19.7 Å². The molecule has 0 saturated carbocycles. The van der Waals surface area contributed by atoms with Crippen LogP contribution in [0.4, 0.5) is 5.82 Å². The second-order valence-corrected chi connectivity index (χ2v) is 4.37. The van der Waals surface area contributed by atoms with Crippen molar-refractivity contribution < 1.29 is 14.5 Å². The molecule has 1 N–H and O–H groups in total. The average Bonchev–Trinajstić information content (AvgIpc) is 2.71. The van der Waals surface area contributed by atoms with Gasteiger partial charge in [-0.2, -0.15) is 0 Å². The zero-order valence-electron chi connectivity index (χ0n) is 10.8. The fourth-order valence-corrected chi connectivity index (χ4v) is 1.96. The molecule has 19 heavy (non-hydrogen) atoms. The van der Waals surface area contributed by atoms with Crippen molar-refractivity contribution in [3.63, 3.8) is 0 Å². The van der Waals surface area contributed by atoms with E-state index in [1.54, 1.807) is 0 Å². The number of rotatable bonds is 7. The van der Waals surface area contributed by atoms with Crippen molar-refractivity contribution >= 4 is 23.3 Å². The third-order valence-corrected chi connectivity index (χ3v) is 2.89. The lowest BCUT2D eigenvalue weighted by molar-refractivity contribution is -0.391. The molecule has 1 heterocycles. The van der Waals surface area contributed by atoms with E-state index in [9.17, 15) is 14.9 Å². The minimum absolute atomic E-state index is 0.134. The van der Waals surface area contributed by atoms with Gasteiger partial charge in [0.1, 0.15) is 0 Å². The highest BCUT2D eigenvalue weighted by molar-refractivity contribution is 6.17. The molecule has 8 heteroatoms. The van der Waals surface area contributed by atoms with E-state index in [4.69, 9.17) is 16.3 Å². The summed E-state index contributed by atoms with van der Waals surface area (Å²) in [7, 11) is 3.00. The van der Waals surface area contributed by atoms with Gasteiger partial charge in [-0.15, -0.1) is 11.6 Å². The molecule has 0 spiro atoms. The normalized spacial score (nSPS) is 12.2. The standard InChI is InChI=1S/C11H16ClN3O4/c1-14-9(3-4-10(14)15(17)18)11(16)13-8(5-6-12)7-19-2/h3-4,8H,5-7H2,1-2H3,(H,13,16). The highest BCUT2D eigenvalue weighted by atomic mass is 35.5. The number of halogens is 1. The van der Waals surface area contributed by atoms with Crippen LogP contribution >= 0.6 is 11.6 Å². The monoisotopic (exact) mass is 289 g/mol. The third-order valence-electron chi connectivity index (χ3n) is 2.68. The average molecular weight is 290 g/mol. The predicted molar refractivity (Wildman–Crippen MR) is 70.5 cm³/mol. The Hall–Kier alpha value is -1.60. The van der Waals surface area contributed by atoms with Crippen LogP contribution in [0.3, 0.4) is 0 Å². The first kappa shape index (κ1) is 15.5. The number of methoxy groups -OCH3 is 1. The molecule has 0 aliphatic rings. The number of nitrogens with zero attached hydrogens (tertiary/aromatic N) is 2. The van der Waals surface area contributed by atoms with E-state index in [0.29, 0.717) is 18.9 Å². The van der Waals surface area contributed by atoms with Gasteiger partial charge < -0.3 is 20.2 Å². The molecule has 0 saturated heterocycles. The number of carbonyl (C=O) groups excluding carboxylic acids is 1. The largest absolute Gasteiger partial charge is 0.383 e. The Kier molecular flexibility index (Phi) is 5.78. The number of nitro groups is 1. The predicted octanol–water partition coefficient (Wildman–Crippen LogP) is 1.31. The number of nitrogens with one attached hydrogen (secondary N) is 1. The van der Waals surface area contributed by atoms with Crippen LogP contribution in [-0.2, 0) is 11.8 Å². The SMILES string of the molecule is COCC(CCCl)NC(=O)c1ccc([N+](=O)[O-])n1C. The minimum Gasteiger partial charge on any atom is -0.383 e. The van der Waals surface area contributed by atoms with Gasteiger partial charge in [0.15, 0.2) is 5.69 Å². The van der Waals surface area contributed by atoms with Gasteiger partial charge in [-0.25, -0.2) is 4.57 Å². The molecule has 1 aromatic rings. The Morgan fingerprint density at radius 2 is 2.32 bits per heavy atom. The molecular weight excluding hydrogens is 274 g/mol. The maximum absolute atomic E-state index is 12.0. The molecular formula is C11H16ClN3O4. The first-order chi connectivity index (χ1) is 9.01. The molecule has 1 unspecified atom stereocenters. The minimum atomic E-state index is -0.540. The van der Waals surface area contributed by atoms with Gasteiger partial charge in [-0.1, -0.05) is 0 Å².